The molecule has 1 fully saturated rings. The van der Waals surface area contributed by atoms with Crippen molar-refractivity contribution in [1.29, 1.82) is 0 Å². The predicted molar refractivity (Wildman–Crippen MR) is 60.2 cm³/mol. The molecule has 0 radical (unpaired) electrons. The molecule has 7 heteroatoms. The van der Waals surface area contributed by atoms with Gasteiger partial charge in [-0.3, -0.25) is 4.79 Å². The van der Waals surface area contributed by atoms with Crippen molar-refractivity contribution >= 4 is 22.4 Å². The van der Waals surface area contributed by atoms with E-state index in [4.69, 9.17) is 10.5 Å². The van der Waals surface area contributed by atoms with Crippen LogP contribution in [0.3, 0.4) is 0 Å². The first-order chi connectivity index (χ1) is 7.65. The molecule has 88 valence electrons. The topological polar surface area (TPSA) is 90.1 Å². The summed E-state index contributed by atoms with van der Waals surface area (Å²) >= 11 is 1.08. The third-order valence-corrected chi connectivity index (χ3v) is 3.65. The van der Waals surface area contributed by atoms with E-state index in [-0.39, 0.29) is 11.5 Å². The lowest BCUT2D eigenvalue weighted by molar-refractivity contribution is -0.0679. The molecule has 1 heterocycles. The molecule has 1 saturated carbocycles. The van der Waals surface area contributed by atoms with Crippen molar-refractivity contribution in [2.45, 2.75) is 24.9 Å². The number of nitrogen functional groups attached to an aromatic ring is 1. The number of rotatable bonds is 4. The van der Waals surface area contributed by atoms with Gasteiger partial charge in [0.25, 0.3) is 5.91 Å². The zero-order valence-corrected chi connectivity index (χ0v) is 9.84. The Morgan fingerprint density at radius 3 is 2.81 bits per heavy atom. The van der Waals surface area contributed by atoms with E-state index in [1.54, 1.807) is 7.11 Å². The van der Waals surface area contributed by atoms with E-state index < -0.39 is 0 Å². The first kappa shape index (κ1) is 11.3. The van der Waals surface area contributed by atoms with E-state index in [1.807, 2.05) is 0 Å². The molecule has 1 aromatic heterocycles. The molecule has 6 nitrogen and oxygen atoms in total. The Morgan fingerprint density at radius 2 is 2.38 bits per heavy atom. The van der Waals surface area contributed by atoms with Gasteiger partial charge in [0, 0.05) is 13.7 Å². The summed E-state index contributed by atoms with van der Waals surface area (Å²) in [5, 5.41) is 10.7. The summed E-state index contributed by atoms with van der Waals surface area (Å²) in [6, 6.07) is 0. The van der Waals surface area contributed by atoms with Crippen LogP contribution < -0.4 is 11.1 Å². The van der Waals surface area contributed by atoms with Crippen LogP contribution in [0, 0.1) is 0 Å². The van der Waals surface area contributed by atoms with E-state index in [2.05, 4.69) is 15.5 Å². The summed E-state index contributed by atoms with van der Waals surface area (Å²) in [6.07, 6.45) is 3.12. The third-order valence-electron chi connectivity index (χ3n) is 2.90. The summed E-state index contributed by atoms with van der Waals surface area (Å²) in [5.74, 6) is -0.238. The quantitative estimate of drug-likeness (QED) is 0.798. The minimum atomic E-state index is -0.238. The average molecular weight is 242 g/mol. The normalized spacial score (nSPS) is 17.8. The van der Waals surface area contributed by atoms with Gasteiger partial charge in [-0.05, 0) is 19.3 Å². The van der Waals surface area contributed by atoms with Crippen LogP contribution in [-0.4, -0.2) is 35.4 Å². The number of hydrogen-bond acceptors (Lipinski definition) is 6. The lowest BCUT2D eigenvalue weighted by Crippen LogP contribution is -2.49. The number of nitrogens with one attached hydrogen (secondary N) is 1. The van der Waals surface area contributed by atoms with Crippen LogP contribution in [0.25, 0.3) is 0 Å². The fraction of sp³-hybridized carbons (Fsp3) is 0.667. The molecule has 3 N–H and O–H groups in total. The highest BCUT2D eigenvalue weighted by molar-refractivity contribution is 7.16. The molecule has 1 aliphatic rings. The fourth-order valence-corrected chi connectivity index (χ4v) is 2.19. The monoisotopic (exact) mass is 242 g/mol. The van der Waals surface area contributed by atoms with Crippen molar-refractivity contribution in [3.63, 3.8) is 0 Å². The predicted octanol–water partition coefficient (Wildman–Crippen LogP) is 0.419. The number of ether oxygens (including phenoxy) is 1. The van der Waals surface area contributed by atoms with Crippen molar-refractivity contribution in [3.8, 4) is 0 Å². The van der Waals surface area contributed by atoms with Gasteiger partial charge >= 0.3 is 0 Å². The maximum Gasteiger partial charge on any atom is 0.282 e. The number of amides is 1. The maximum absolute atomic E-state index is 11.6. The minimum Gasteiger partial charge on any atom is -0.376 e. The molecular weight excluding hydrogens is 228 g/mol. The van der Waals surface area contributed by atoms with E-state index in [0.717, 1.165) is 30.6 Å². The molecule has 1 amide bonds. The van der Waals surface area contributed by atoms with Crippen molar-refractivity contribution in [2.24, 2.45) is 0 Å². The molecule has 0 unspecified atom stereocenters. The van der Waals surface area contributed by atoms with Crippen LogP contribution in [0.15, 0.2) is 0 Å². The number of aromatic nitrogens is 2. The third kappa shape index (κ3) is 2.14. The molecule has 0 aromatic carbocycles. The number of carbonyl (C=O) groups excluding carboxylic acids is 1. The summed E-state index contributed by atoms with van der Waals surface area (Å²) in [6.45, 7) is 0.516. The van der Waals surface area contributed by atoms with Crippen molar-refractivity contribution in [3.05, 3.63) is 5.01 Å². The Labute approximate surface area is 97.2 Å². The molecular formula is C9H14N4O2S. The number of hydrogen-bond donors (Lipinski definition) is 2. The van der Waals surface area contributed by atoms with Gasteiger partial charge in [-0.2, -0.15) is 0 Å². The number of nitrogens with zero attached hydrogens (tertiary/aromatic N) is 2. The standard InChI is InChI=1S/C9H14N4O2S/c1-15-9(3-2-4-9)5-11-6(14)7-12-13-8(10)16-7/h2-5H2,1H3,(H2,10,13)(H,11,14). The smallest absolute Gasteiger partial charge is 0.282 e. The zero-order chi connectivity index (χ0) is 11.6. The molecule has 16 heavy (non-hydrogen) atoms. The second-order valence-corrected chi connectivity index (χ2v) is 4.88. The van der Waals surface area contributed by atoms with Gasteiger partial charge in [0.2, 0.25) is 10.1 Å². The van der Waals surface area contributed by atoms with E-state index in [0.29, 0.717) is 16.7 Å². The summed E-state index contributed by atoms with van der Waals surface area (Å²) in [7, 11) is 1.67. The summed E-state index contributed by atoms with van der Waals surface area (Å²) in [5.41, 5.74) is 5.23. The molecule has 2 rings (SSSR count). The fourth-order valence-electron chi connectivity index (χ4n) is 1.67. The molecule has 0 saturated heterocycles. The average Bonchev–Trinajstić information content (AvgIpc) is 2.64. The van der Waals surface area contributed by atoms with Crippen LogP contribution in [0.1, 0.15) is 29.1 Å². The number of anilines is 1. The van der Waals surface area contributed by atoms with Crippen molar-refractivity contribution in [2.75, 3.05) is 19.4 Å². The van der Waals surface area contributed by atoms with Gasteiger partial charge in [-0.25, -0.2) is 0 Å². The van der Waals surface area contributed by atoms with E-state index in [9.17, 15) is 4.79 Å². The highest BCUT2D eigenvalue weighted by Crippen LogP contribution is 2.34. The van der Waals surface area contributed by atoms with Crippen molar-refractivity contribution in [1.82, 2.24) is 15.5 Å². The maximum atomic E-state index is 11.6. The Morgan fingerprint density at radius 1 is 1.62 bits per heavy atom. The largest absolute Gasteiger partial charge is 0.376 e. The van der Waals surface area contributed by atoms with Crippen molar-refractivity contribution < 1.29 is 9.53 Å². The molecule has 0 atom stereocenters. The van der Waals surface area contributed by atoms with E-state index in [1.165, 1.54) is 0 Å². The molecule has 1 aromatic rings. The van der Waals surface area contributed by atoms with Crippen LogP contribution in [-0.2, 0) is 4.74 Å². The second-order valence-electron chi connectivity index (χ2n) is 3.87. The molecule has 0 spiro atoms. The lowest BCUT2D eigenvalue weighted by Gasteiger charge is -2.40. The highest BCUT2D eigenvalue weighted by atomic mass is 32.1. The lowest BCUT2D eigenvalue weighted by atomic mass is 9.80. The van der Waals surface area contributed by atoms with Crippen LogP contribution >= 0.6 is 11.3 Å². The zero-order valence-electron chi connectivity index (χ0n) is 9.02. The highest BCUT2D eigenvalue weighted by Gasteiger charge is 2.37. The number of methoxy groups -OCH3 is 1. The van der Waals surface area contributed by atoms with Gasteiger partial charge in [-0.15, -0.1) is 10.2 Å². The van der Waals surface area contributed by atoms with Crippen LogP contribution in [0.2, 0.25) is 0 Å². The Hall–Kier alpha value is -1.21. The van der Waals surface area contributed by atoms with Gasteiger partial charge in [0.1, 0.15) is 0 Å². The van der Waals surface area contributed by atoms with Crippen LogP contribution in [0.4, 0.5) is 5.13 Å². The molecule has 0 aliphatic heterocycles. The first-order valence-corrected chi connectivity index (χ1v) is 5.89. The SMILES string of the molecule is COC1(CNC(=O)c2nnc(N)s2)CCC1. The Bertz CT molecular complexity index is 383. The van der Waals surface area contributed by atoms with Gasteiger partial charge in [0.05, 0.1) is 5.60 Å². The summed E-state index contributed by atoms with van der Waals surface area (Å²) < 4.78 is 5.39. The van der Waals surface area contributed by atoms with Crippen LogP contribution in [0.5, 0.6) is 0 Å². The number of carbonyl (C=O) groups is 1. The van der Waals surface area contributed by atoms with E-state index >= 15 is 0 Å². The Kier molecular flexibility index (Phi) is 3.06. The van der Waals surface area contributed by atoms with Gasteiger partial charge < -0.3 is 15.8 Å². The summed E-state index contributed by atoms with van der Waals surface area (Å²) in [4.78, 5) is 11.6. The Balaban J connectivity index is 1.88. The first-order valence-electron chi connectivity index (χ1n) is 5.07. The molecule has 0 bridgehead atoms. The van der Waals surface area contributed by atoms with Gasteiger partial charge in [0.15, 0.2) is 0 Å². The molecule has 1 aliphatic carbocycles. The number of nitrogens with two attached hydrogens (primary N) is 1. The second kappa shape index (κ2) is 4.34. The van der Waals surface area contributed by atoms with Gasteiger partial charge in [-0.1, -0.05) is 11.3 Å². The minimum absolute atomic E-state index is 0.175.